The molecule has 13 heteroatoms. The number of carbonyl (C=O) groups excluding carboxylic acids is 1. The zero-order valence-corrected chi connectivity index (χ0v) is 20.2. The summed E-state index contributed by atoms with van der Waals surface area (Å²) < 4.78 is 65.6. The summed E-state index contributed by atoms with van der Waals surface area (Å²) in [6, 6.07) is 7.57. The average molecular weight is 477 g/mol. The van der Waals surface area contributed by atoms with E-state index in [-0.39, 0.29) is 52.1 Å². The van der Waals surface area contributed by atoms with E-state index in [1.165, 1.54) is 43.3 Å². The van der Waals surface area contributed by atoms with Gasteiger partial charge in [-0.3, -0.25) is 13.9 Å². The number of anilines is 1. The van der Waals surface area contributed by atoms with Crippen molar-refractivity contribution in [3.8, 4) is 0 Å². The Morgan fingerprint density at radius 2 is 1.50 bits per heavy atom. The Balaban J connectivity index is 0.00000450. The number of aliphatic imine (C=N–C) groups is 1. The maximum Gasteiger partial charge on any atom is 0.295 e. The van der Waals surface area contributed by atoms with Gasteiger partial charge in [0, 0.05) is 42.2 Å². The van der Waals surface area contributed by atoms with Gasteiger partial charge in [0.05, 0.1) is 10.8 Å². The molecule has 0 fully saturated rings. The molecule has 0 heterocycles. The smallest absolute Gasteiger partial charge is 0.295 e. The number of hydrogen-bond donors (Lipinski definition) is 3. The molecular formula is C17H14N2NaO7S3. The van der Waals surface area contributed by atoms with Crippen molar-refractivity contribution < 1.29 is 30.7 Å². The Labute approximate surface area is 200 Å². The molecule has 2 rings (SSSR count). The van der Waals surface area contributed by atoms with Crippen LogP contribution in [0.25, 0.3) is 12.2 Å². The van der Waals surface area contributed by atoms with Crippen LogP contribution in [0.15, 0.2) is 51.2 Å². The van der Waals surface area contributed by atoms with Crippen molar-refractivity contribution in [2.45, 2.75) is 16.7 Å². The zero-order chi connectivity index (χ0) is 21.8. The molecule has 0 aliphatic carbocycles. The molecule has 0 aromatic heterocycles. The first kappa shape index (κ1) is 26.3. The summed E-state index contributed by atoms with van der Waals surface area (Å²) in [4.78, 5) is 13.8. The fraction of sp³-hybridized carbons (Fsp3) is 0.0588. The van der Waals surface area contributed by atoms with Gasteiger partial charge >= 0.3 is 0 Å². The molecule has 0 unspecified atom stereocenters. The summed E-state index contributed by atoms with van der Waals surface area (Å²) in [7, 11) is -9.28. The third kappa shape index (κ3) is 7.20. The van der Waals surface area contributed by atoms with Gasteiger partial charge in [0.1, 0.15) is 9.79 Å². The first-order valence-corrected chi connectivity index (χ1v) is 11.0. The van der Waals surface area contributed by atoms with Gasteiger partial charge in [-0.05, 0) is 47.6 Å². The third-order valence-corrected chi connectivity index (χ3v) is 5.41. The zero-order valence-electron chi connectivity index (χ0n) is 15.7. The fourth-order valence-corrected chi connectivity index (χ4v) is 3.88. The van der Waals surface area contributed by atoms with Crippen molar-refractivity contribution in [1.29, 1.82) is 0 Å². The number of carbonyl (C=O) groups is 1. The van der Waals surface area contributed by atoms with E-state index in [1.807, 2.05) is 0 Å². The average Bonchev–Trinajstić information content (AvgIpc) is 2.59. The van der Waals surface area contributed by atoms with Crippen molar-refractivity contribution in [1.82, 2.24) is 0 Å². The molecule has 0 aliphatic rings. The minimum Gasteiger partial charge on any atom is -0.326 e. The number of thiocarbonyl (C=S) groups is 1. The molecular weight excluding hydrogens is 463 g/mol. The van der Waals surface area contributed by atoms with Crippen molar-refractivity contribution in [3.63, 3.8) is 0 Å². The van der Waals surface area contributed by atoms with E-state index < -0.39 is 35.9 Å². The molecule has 9 nitrogen and oxygen atoms in total. The number of hydrogen-bond acceptors (Lipinski definition) is 7. The number of nitrogens with zero attached hydrogens (tertiary/aromatic N) is 1. The number of rotatable bonds is 6. The minimum atomic E-state index is -4.65. The van der Waals surface area contributed by atoms with E-state index in [4.69, 9.17) is 0 Å². The third-order valence-electron chi connectivity index (χ3n) is 3.50. The number of nitrogens with one attached hydrogen (secondary N) is 1. The van der Waals surface area contributed by atoms with E-state index in [9.17, 15) is 30.7 Å². The Kier molecular flexibility index (Phi) is 9.24. The normalized spacial score (nSPS) is 11.4. The van der Waals surface area contributed by atoms with Gasteiger partial charge in [-0.15, -0.1) is 0 Å². The van der Waals surface area contributed by atoms with Crippen LogP contribution in [0.3, 0.4) is 0 Å². The van der Waals surface area contributed by atoms with Crippen LogP contribution in [0.1, 0.15) is 18.1 Å². The van der Waals surface area contributed by atoms with Gasteiger partial charge in [-0.25, -0.2) is 0 Å². The predicted molar refractivity (Wildman–Crippen MR) is 116 cm³/mol. The van der Waals surface area contributed by atoms with Crippen LogP contribution in [0.2, 0.25) is 0 Å². The van der Waals surface area contributed by atoms with Crippen LogP contribution in [0.5, 0.6) is 0 Å². The first-order chi connectivity index (χ1) is 13.4. The van der Waals surface area contributed by atoms with Gasteiger partial charge in [-0.1, -0.05) is 24.3 Å². The second kappa shape index (κ2) is 10.5. The number of benzene rings is 2. The van der Waals surface area contributed by atoms with Gasteiger partial charge in [0.15, 0.2) is 0 Å². The van der Waals surface area contributed by atoms with Crippen LogP contribution in [-0.2, 0) is 25.0 Å². The van der Waals surface area contributed by atoms with Crippen LogP contribution in [0, 0.1) is 0 Å². The summed E-state index contributed by atoms with van der Waals surface area (Å²) in [5, 5.41) is 4.46. The molecule has 0 atom stereocenters. The molecule has 153 valence electrons. The fourth-order valence-electron chi connectivity index (χ4n) is 2.36. The standard InChI is InChI=1S/C17H14N2O7S3.Na/c1-11(20)19-15-7-5-13(17(9-15)29(24,25)26)3-2-12-4-6-14(18-10-27)8-16(12)28(21,22)23;/h2-9H,1H3,(H,19,20)(H,21,22,23)(H,24,25,26);/b3-2+;. The Bertz CT molecular complexity index is 1270. The molecule has 0 saturated carbocycles. The van der Waals surface area contributed by atoms with E-state index >= 15 is 0 Å². The van der Waals surface area contributed by atoms with E-state index in [2.05, 4.69) is 27.7 Å². The molecule has 3 N–H and O–H groups in total. The van der Waals surface area contributed by atoms with Crippen molar-refractivity contribution in [2.75, 3.05) is 5.32 Å². The first-order valence-electron chi connectivity index (χ1n) is 7.68. The Hall–Kier alpha value is -1.73. The Morgan fingerprint density at radius 1 is 1.00 bits per heavy atom. The molecule has 0 bridgehead atoms. The molecule has 1 radical (unpaired) electrons. The second-order valence-electron chi connectivity index (χ2n) is 5.64. The summed E-state index contributed by atoms with van der Waals surface area (Å²) in [5.74, 6) is -0.438. The van der Waals surface area contributed by atoms with Gasteiger partial charge in [-0.2, -0.15) is 21.8 Å². The molecule has 1 amide bonds. The number of amides is 1. The molecule has 0 spiro atoms. The van der Waals surface area contributed by atoms with Gasteiger partial charge in [0.25, 0.3) is 20.2 Å². The summed E-state index contributed by atoms with van der Waals surface area (Å²) in [6.07, 6.45) is 2.46. The maximum absolute atomic E-state index is 11.7. The SMILES string of the molecule is CC(=O)Nc1ccc(/C=C/c2ccc(N=C=S)cc2S(=O)(=O)O)c(S(=O)(=O)O)c1.[Na]. The largest absolute Gasteiger partial charge is 0.326 e. The van der Waals surface area contributed by atoms with Crippen molar-refractivity contribution in [2.24, 2.45) is 4.99 Å². The van der Waals surface area contributed by atoms with Gasteiger partial charge < -0.3 is 5.32 Å². The molecule has 30 heavy (non-hydrogen) atoms. The van der Waals surface area contributed by atoms with Crippen LogP contribution >= 0.6 is 12.2 Å². The van der Waals surface area contributed by atoms with Crippen LogP contribution in [0.4, 0.5) is 11.4 Å². The summed E-state index contributed by atoms with van der Waals surface area (Å²) in [6.45, 7) is 1.23. The number of isothiocyanates is 1. The van der Waals surface area contributed by atoms with Crippen molar-refractivity contribution >= 4 is 96.6 Å². The van der Waals surface area contributed by atoms with E-state index in [0.717, 1.165) is 12.1 Å². The minimum absolute atomic E-state index is 0. The van der Waals surface area contributed by atoms with Crippen LogP contribution < -0.4 is 5.32 Å². The second-order valence-corrected chi connectivity index (χ2v) is 8.60. The summed E-state index contributed by atoms with van der Waals surface area (Å²) >= 11 is 4.45. The predicted octanol–water partition coefficient (Wildman–Crippen LogP) is 2.66. The topological polar surface area (TPSA) is 150 Å². The Morgan fingerprint density at radius 3 is 1.97 bits per heavy atom. The quantitative estimate of drug-likeness (QED) is 0.189. The molecule has 2 aromatic carbocycles. The molecule has 0 aliphatic heterocycles. The van der Waals surface area contributed by atoms with E-state index in [1.54, 1.807) is 0 Å². The maximum atomic E-state index is 11.7. The molecule has 0 saturated heterocycles. The molecule has 2 aromatic rings. The van der Waals surface area contributed by atoms with Gasteiger partial charge in [0.2, 0.25) is 5.91 Å². The monoisotopic (exact) mass is 477 g/mol. The van der Waals surface area contributed by atoms with E-state index in [0.29, 0.717) is 0 Å². The van der Waals surface area contributed by atoms with Crippen molar-refractivity contribution in [3.05, 3.63) is 47.5 Å². The van der Waals surface area contributed by atoms with Crippen LogP contribution in [-0.4, -0.2) is 66.6 Å². The summed E-state index contributed by atoms with van der Waals surface area (Å²) in [5.41, 5.74) is 0.332.